The van der Waals surface area contributed by atoms with Gasteiger partial charge in [0.1, 0.15) is 5.69 Å². The molecule has 0 atom stereocenters. The van der Waals surface area contributed by atoms with Gasteiger partial charge in [0.2, 0.25) is 10.0 Å². The maximum Gasteiger partial charge on any atom is 0.241 e. The molecule has 2 aromatic heterocycles. The van der Waals surface area contributed by atoms with Crippen molar-refractivity contribution in [3.63, 3.8) is 0 Å². The molecule has 0 fully saturated rings. The molecule has 4 aromatic rings. The molecule has 130 valence electrons. The highest BCUT2D eigenvalue weighted by Gasteiger charge is 2.18. The number of benzene rings is 2. The first-order chi connectivity index (χ1) is 12.6. The van der Waals surface area contributed by atoms with E-state index in [4.69, 9.17) is 4.42 Å². The van der Waals surface area contributed by atoms with Crippen molar-refractivity contribution < 1.29 is 12.8 Å². The molecule has 6 heteroatoms. The van der Waals surface area contributed by atoms with Gasteiger partial charge in [0.15, 0.2) is 5.76 Å². The van der Waals surface area contributed by atoms with Gasteiger partial charge >= 0.3 is 0 Å². The summed E-state index contributed by atoms with van der Waals surface area (Å²) < 4.78 is 33.8. The Balaban J connectivity index is 1.66. The first kappa shape index (κ1) is 16.5. The second kappa shape index (κ2) is 6.74. The van der Waals surface area contributed by atoms with Crippen LogP contribution in [0.25, 0.3) is 22.2 Å². The largest absolute Gasteiger partial charge is 0.463 e. The second-order valence-electron chi connectivity index (χ2n) is 5.79. The minimum Gasteiger partial charge on any atom is -0.463 e. The summed E-state index contributed by atoms with van der Waals surface area (Å²) in [5, 5.41) is 1.58. The Labute approximate surface area is 151 Å². The third-order valence-electron chi connectivity index (χ3n) is 4.14. The number of furan rings is 1. The van der Waals surface area contributed by atoms with Gasteiger partial charge in [-0.1, -0.05) is 42.5 Å². The van der Waals surface area contributed by atoms with E-state index in [1.54, 1.807) is 42.8 Å². The predicted octanol–water partition coefficient (Wildman–Crippen LogP) is 3.97. The van der Waals surface area contributed by atoms with E-state index in [1.807, 2.05) is 36.4 Å². The Morgan fingerprint density at radius 3 is 2.62 bits per heavy atom. The molecule has 2 heterocycles. The summed E-state index contributed by atoms with van der Waals surface area (Å²) in [7, 11) is -3.68. The molecule has 0 saturated heterocycles. The maximum absolute atomic E-state index is 12.9. The summed E-state index contributed by atoms with van der Waals surface area (Å²) in [6, 6.07) is 19.8. The van der Waals surface area contributed by atoms with Crippen LogP contribution in [-0.4, -0.2) is 13.4 Å². The fourth-order valence-electron chi connectivity index (χ4n) is 2.90. The van der Waals surface area contributed by atoms with Crippen LogP contribution in [0.2, 0.25) is 0 Å². The number of aromatic nitrogens is 1. The third kappa shape index (κ3) is 3.12. The average molecular weight is 364 g/mol. The SMILES string of the molecule is O=S(=O)(NCc1cccnc1-c1ccco1)c1cccc2ccccc12. The van der Waals surface area contributed by atoms with Gasteiger partial charge in [-0.25, -0.2) is 13.1 Å². The predicted molar refractivity (Wildman–Crippen MR) is 99.9 cm³/mol. The Morgan fingerprint density at radius 1 is 0.923 bits per heavy atom. The average Bonchev–Trinajstić information content (AvgIpc) is 3.21. The molecule has 5 nitrogen and oxygen atoms in total. The van der Waals surface area contributed by atoms with Crippen molar-refractivity contribution in [2.24, 2.45) is 0 Å². The van der Waals surface area contributed by atoms with Crippen molar-refractivity contribution in [3.8, 4) is 11.5 Å². The van der Waals surface area contributed by atoms with Gasteiger partial charge in [-0.2, -0.15) is 0 Å². The number of pyridine rings is 1. The van der Waals surface area contributed by atoms with E-state index in [1.165, 1.54) is 0 Å². The van der Waals surface area contributed by atoms with Gasteiger partial charge in [-0.05, 0) is 35.2 Å². The van der Waals surface area contributed by atoms with Gasteiger partial charge in [-0.15, -0.1) is 0 Å². The van der Waals surface area contributed by atoms with Crippen LogP contribution in [0.1, 0.15) is 5.56 Å². The molecule has 0 radical (unpaired) electrons. The van der Waals surface area contributed by atoms with Crippen molar-refractivity contribution in [2.75, 3.05) is 0 Å². The zero-order valence-corrected chi connectivity index (χ0v) is 14.6. The van der Waals surface area contributed by atoms with Crippen LogP contribution in [0.3, 0.4) is 0 Å². The zero-order chi connectivity index (χ0) is 18.0. The number of hydrogen-bond acceptors (Lipinski definition) is 4. The number of sulfonamides is 1. The van der Waals surface area contributed by atoms with Crippen LogP contribution in [0.15, 0.2) is 88.5 Å². The molecular weight excluding hydrogens is 348 g/mol. The Kier molecular flexibility index (Phi) is 4.28. The van der Waals surface area contributed by atoms with Crippen LogP contribution in [-0.2, 0) is 16.6 Å². The third-order valence-corrected chi connectivity index (χ3v) is 5.60. The van der Waals surface area contributed by atoms with Crippen molar-refractivity contribution in [1.82, 2.24) is 9.71 Å². The topological polar surface area (TPSA) is 72.2 Å². The number of nitrogens with one attached hydrogen (secondary N) is 1. The normalized spacial score (nSPS) is 11.7. The highest BCUT2D eigenvalue weighted by Crippen LogP contribution is 2.24. The van der Waals surface area contributed by atoms with Crippen molar-refractivity contribution in [2.45, 2.75) is 11.4 Å². The van der Waals surface area contributed by atoms with Crippen molar-refractivity contribution in [3.05, 3.63) is 84.8 Å². The van der Waals surface area contributed by atoms with E-state index < -0.39 is 10.0 Å². The minimum absolute atomic E-state index is 0.120. The van der Waals surface area contributed by atoms with Gasteiger partial charge in [0, 0.05) is 18.1 Å². The zero-order valence-electron chi connectivity index (χ0n) is 13.8. The van der Waals surface area contributed by atoms with E-state index in [9.17, 15) is 8.42 Å². The van der Waals surface area contributed by atoms with E-state index >= 15 is 0 Å². The number of rotatable bonds is 5. The summed E-state index contributed by atoms with van der Waals surface area (Å²) in [5.74, 6) is 0.602. The molecule has 0 amide bonds. The van der Waals surface area contributed by atoms with E-state index in [-0.39, 0.29) is 11.4 Å². The van der Waals surface area contributed by atoms with E-state index in [0.717, 1.165) is 10.9 Å². The fraction of sp³-hybridized carbons (Fsp3) is 0.0500. The molecule has 26 heavy (non-hydrogen) atoms. The molecule has 0 saturated carbocycles. The Morgan fingerprint density at radius 2 is 1.77 bits per heavy atom. The quantitative estimate of drug-likeness (QED) is 0.581. The number of nitrogens with zero attached hydrogens (tertiary/aromatic N) is 1. The lowest BCUT2D eigenvalue weighted by Gasteiger charge is -2.11. The molecule has 4 rings (SSSR count). The molecule has 2 aromatic carbocycles. The van der Waals surface area contributed by atoms with Gasteiger partial charge < -0.3 is 4.42 Å². The molecule has 0 aliphatic carbocycles. The van der Waals surface area contributed by atoms with Gasteiger partial charge in [-0.3, -0.25) is 4.98 Å². The standard InChI is InChI=1S/C20H16N2O3S/c23-26(24,19-11-3-7-15-6-1-2-9-17(15)19)22-14-16-8-4-12-21-20(16)18-10-5-13-25-18/h1-13,22H,14H2. The van der Waals surface area contributed by atoms with E-state index in [2.05, 4.69) is 9.71 Å². The van der Waals surface area contributed by atoms with Crippen molar-refractivity contribution >= 4 is 20.8 Å². The van der Waals surface area contributed by atoms with Gasteiger partial charge in [0.25, 0.3) is 0 Å². The number of hydrogen-bond donors (Lipinski definition) is 1. The summed E-state index contributed by atoms with van der Waals surface area (Å²) in [4.78, 5) is 4.58. The maximum atomic E-state index is 12.9. The molecule has 1 N–H and O–H groups in total. The van der Waals surface area contributed by atoms with Gasteiger partial charge in [0.05, 0.1) is 11.2 Å². The lowest BCUT2D eigenvalue weighted by molar-refractivity contribution is 0.575. The highest BCUT2D eigenvalue weighted by molar-refractivity contribution is 7.89. The Bertz CT molecular complexity index is 1150. The van der Waals surface area contributed by atoms with Crippen LogP contribution in [0, 0.1) is 0 Å². The lowest BCUT2D eigenvalue weighted by Crippen LogP contribution is -2.24. The summed E-state index contributed by atoms with van der Waals surface area (Å²) in [6.07, 6.45) is 3.22. The molecule has 0 aliphatic heterocycles. The second-order valence-corrected chi connectivity index (χ2v) is 7.53. The molecular formula is C20H16N2O3S. The highest BCUT2D eigenvalue weighted by atomic mass is 32.2. The van der Waals surface area contributed by atoms with Crippen LogP contribution >= 0.6 is 0 Å². The first-order valence-electron chi connectivity index (χ1n) is 8.10. The Hall–Kier alpha value is -2.96. The monoisotopic (exact) mass is 364 g/mol. The smallest absolute Gasteiger partial charge is 0.241 e. The summed E-state index contributed by atoms with van der Waals surface area (Å²) >= 11 is 0. The minimum atomic E-state index is -3.68. The first-order valence-corrected chi connectivity index (χ1v) is 9.59. The van der Waals surface area contributed by atoms with Crippen LogP contribution in [0.5, 0.6) is 0 Å². The fourth-order valence-corrected chi connectivity index (χ4v) is 4.13. The van der Waals surface area contributed by atoms with Crippen LogP contribution in [0.4, 0.5) is 0 Å². The van der Waals surface area contributed by atoms with E-state index in [0.29, 0.717) is 16.8 Å². The lowest BCUT2D eigenvalue weighted by atomic mass is 10.1. The molecule has 0 aliphatic rings. The molecule has 0 unspecified atom stereocenters. The number of fused-ring (bicyclic) bond motifs is 1. The molecule has 0 bridgehead atoms. The summed E-state index contributed by atoms with van der Waals surface area (Å²) in [5.41, 5.74) is 1.37. The summed E-state index contributed by atoms with van der Waals surface area (Å²) in [6.45, 7) is 0.120. The van der Waals surface area contributed by atoms with Crippen LogP contribution < -0.4 is 4.72 Å². The van der Waals surface area contributed by atoms with Crippen molar-refractivity contribution in [1.29, 1.82) is 0 Å². The molecule has 0 spiro atoms.